The predicted molar refractivity (Wildman–Crippen MR) is 44.8 cm³/mol. The zero-order valence-corrected chi connectivity index (χ0v) is 7.34. The lowest BCUT2D eigenvalue weighted by Gasteiger charge is -2.01. The zero-order valence-electron chi connectivity index (χ0n) is 7.34. The lowest BCUT2D eigenvalue weighted by molar-refractivity contribution is -0.118. The summed E-state index contributed by atoms with van der Waals surface area (Å²) in [5.41, 5.74) is 0. The molecule has 1 aliphatic rings. The van der Waals surface area contributed by atoms with Crippen molar-refractivity contribution in [3.63, 3.8) is 0 Å². The van der Waals surface area contributed by atoms with Crippen molar-refractivity contribution in [2.24, 2.45) is 0 Å². The largest absolute Gasteiger partial charge is 0.490 e. The number of methoxy groups -OCH3 is 1. The molecule has 0 aliphatic carbocycles. The Morgan fingerprint density at radius 3 is 3.17 bits per heavy atom. The summed E-state index contributed by atoms with van der Waals surface area (Å²) in [7, 11) is 1.63. The van der Waals surface area contributed by atoms with E-state index in [0.29, 0.717) is 25.4 Å². The highest BCUT2D eigenvalue weighted by atomic mass is 16.5. The first-order valence-electron chi connectivity index (χ1n) is 4.19. The van der Waals surface area contributed by atoms with Gasteiger partial charge in [0.2, 0.25) is 0 Å². The number of ketones is 1. The van der Waals surface area contributed by atoms with Crippen molar-refractivity contribution in [2.45, 2.75) is 19.3 Å². The molecule has 0 aromatic heterocycles. The van der Waals surface area contributed by atoms with Gasteiger partial charge >= 0.3 is 0 Å². The van der Waals surface area contributed by atoms with Gasteiger partial charge in [-0.25, -0.2) is 0 Å². The Balaban J connectivity index is 2.19. The molecule has 0 aromatic carbocycles. The second kappa shape index (κ2) is 4.93. The van der Waals surface area contributed by atoms with Crippen LogP contribution in [0.5, 0.6) is 0 Å². The first-order valence-corrected chi connectivity index (χ1v) is 4.19. The first kappa shape index (κ1) is 9.26. The number of carbonyl (C=O) groups excluding carboxylic acids is 1. The van der Waals surface area contributed by atoms with Crippen LogP contribution < -0.4 is 0 Å². The van der Waals surface area contributed by atoms with Crippen LogP contribution in [0.2, 0.25) is 0 Å². The molecule has 3 heteroatoms. The van der Waals surface area contributed by atoms with E-state index in [9.17, 15) is 4.79 Å². The minimum atomic E-state index is 0.101. The molecule has 0 amide bonds. The summed E-state index contributed by atoms with van der Waals surface area (Å²) in [4.78, 5) is 11.3. The Hall–Kier alpha value is -0.830. The highest BCUT2D eigenvalue weighted by Gasteiger charge is 2.13. The summed E-state index contributed by atoms with van der Waals surface area (Å²) in [5, 5.41) is 0. The van der Waals surface area contributed by atoms with Crippen LogP contribution in [0.25, 0.3) is 0 Å². The molecule has 0 radical (unpaired) electrons. The summed E-state index contributed by atoms with van der Waals surface area (Å²) in [6.07, 6.45) is 4.02. The van der Waals surface area contributed by atoms with E-state index in [1.807, 2.05) is 6.08 Å². The van der Waals surface area contributed by atoms with E-state index >= 15 is 0 Å². The Kier molecular flexibility index (Phi) is 3.80. The topological polar surface area (TPSA) is 35.5 Å². The maximum Gasteiger partial charge on any atom is 0.197 e. The van der Waals surface area contributed by atoms with Gasteiger partial charge in [0.25, 0.3) is 0 Å². The second-order valence-corrected chi connectivity index (χ2v) is 2.73. The maximum atomic E-state index is 11.3. The summed E-state index contributed by atoms with van der Waals surface area (Å²) >= 11 is 0. The minimum absolute atomic E-state index is 0.101. The first-order chi connectivity index (χ1) is 5.84. The number of hydrogen-bond donors (Lipinski definition) is 0. The molecule has 0 spiro atoms. The monoisotopic (exact) mass is 170 g/mol. The third-order valence-electron chi connectivity index (χ3n) is 1.73. The molecule has 1 aliphatic heterocycles. The van der Waals surface area contributed by atoms with E-state index in [4.69, 9.17) is 9.47 Å². The van der Waals surface area contributed by atoms with Crippen molar-refractivity contribution in [3.05, 3.63) is 11.8 Å². The number of Topliss-reactive ketones (excluding diaryl/α,β-unsaturated/α-hetero) is 1. The van der Waals surface area contributed by atoms with Gasteiger partial charge in [0.05, 0.1) is 6.61 Å². The van der Waals surface area contributed by atoms with E-state index in [0.717, 1.165) is 12.8 Å². The summed E-state index contributed by atoms with van der Waals surface area (Å²) in [5.74, 6) is 0.649. The van der Waals surface area contributed by atoms with Crippen molar-refractivity contribution in [1.82, 2.24) is 0 Å². The van der Waals surface area contributed by atoms with E-state index in [-0.39, 0.29) is 5.78 Å². The van der Waals surface area contributed by atoms with Crippen molar-refractivity contribution in [2.75, 3.05) is 20.3 Å². The molecule has 0 bridgehead atoms. The predicted octanol–water partition coefficient (Wildman–Crippen LogP) is 1.29. The molecule has 68 valence electrons. The third kappa shape index (κ3) is 2.66. The Morgan fingerprint density at radius 2 is 2.58 bits per heavy atom. The fourth-order valence-electron chi connectivity index (χ4n) is 1.11. The molecular weight excluding hydrogens is 156 g/mol. The quantitative estimate of drug-likeness (QED) is 0.583. The van der Waals surface area contributed by atoms with Gasteiger partial charge in [-0.3, -0.25) is 4.79 Å². The number of allylic oxidation sites excluding steroid dienone is 1. The average Bonchev–Trinajstić information content (AvgIpc) is 2.56. The molecule has 0 N–H and O–H groups in total. The molecule has 1 heterocycles. The fraction of sp³-hybridized carbons (Fsp3) is 0.667. The zero-order chi connectivity index (χ0) is 8.81. The molecule has 12 heavy (non-hydrogen) atoms. The third-order valence-corrected chi connectivity index (χ3v) is 1.73. The highest BCUT2D eigenvalue weighted by Crippen LogP contribution is 2.12. The van der Waals surface area contributed by atoms with Crippen LogP contribution >= 0.6 is 0 Å². The molecule has 0 atom stereocenters. The van der Waals surface area contributed by atoms with Gasteiger partial charge in [0.1, 0.15) is 0 Å². The van der Waals surface area contributed by atoms with Crippen molar-refractivity contribution >= 4 is 5.78 Å². The Morgan fingerprint density at radius 1 is 1.75 bits per heavy atom. The van der Waals surface area contributed by atoms with Gasteiger partial charge in [0.15, 0.2) is 11.5 Å². The number of rotatable bonds is 5. The van der Waals surface area contributed by atoms with Gasteiger partial charge in [-0.05, 0) is 12.5 Å². The average molecular weight is 170 g/mol. The lowest BCUT2D eigenvalue weighted by atomic mass is 10.2. The van der Waals surface area contributed by atoms with Crippen LogP contribution in [-0.2, 0) is 14.3 Å². The van der Waals surface area contributed by atoms with E-state index in [1.165, 1.54) is 0 Å². The lowest BCUT2D eigenvalue weighted by Crippen LogP contribution is -2.04. The fourth-order valence-corrected chi connectivity index (χ4v) is 1.11. The van der Waals surface area contributed by atoms with E-state index in [1.54, 1.807) is 7.11 Å². The maximum absolute atomic E-state index is 11.3. The standard InChI is InChI=1S/C9H14O3/c1-11-6-2-4-8(10)9-5-3-7-12-9/h5H,2-4,6-7H2,1H3. The number of ether oxygens (including phenoxy) is 2. The summed E-state index contributed by atoms with van der Waals surface area (Å²) in [6.45, 7) is 1.30. The van der Waals surface area contributed by atoms with Gasteiger partial charge in [-0.1, -0.05) is 0 Å². The van der Waals surface area contributed by atoms with Crippen molar-refractivity contribution in [1.29, 1.82) is 0 Å². The molecule has 0 unspecified atom stereocenters. The van der Waals surface area contributed by atoms with Crippen molar-refractivity contribution < 1.29 is 14.3 Å². The van der Waals surface area contributed by atoms with Crippen molar-refractivity contribution in [3.8, 4) is 0 Å². The van der Waals surface area contributed by atoms with Gasteiger partial charge in [-0.15, -0.1) is 0 Å². The molecular formula is C9H14O3. The molecule has 0 fully saturated rings. The van der Waals surface area contributed by atoms with Gasteiger partial charge in [-0.2, -0.15) is 0 Å². The highest BCUT2D eigenvalue weighted by molar-refractivity contribution is 5.93. The van der Waals surface area contributed by atoms with Crippen LogP contribution in [0.15, 0.2) is 11.8 Å². The summed E-state index contributed by atoms with van der Waals surface area (Å²) < 4.78 is 9.96. The summed E-state index contributed by atoms with van der Waals surface area (Å²) in [6, 6.07) is 0. The van der Waals surface area contributed by atoms with Gasteiger partial charge in [0, 0.05) is 26.6 Å². The van der Waals surface area contributed by atoms with Crippen LogP contribution in [0.4, 0.5) is 0 Å². The normalized spacial score (nSPS) is 15.6. The van der Waals surface area contributed by atoms with Crippen LogP contribution in [0, 0.1) is 0 Å². The number of hydrogen-bond acceptors (Lipinski definition) is 3. The molecule has 0 aromatic rings. The molecule has 0 saturated heterocycles. The number of carbonyl (C=O) groups is 1. The molecule has 0 saturated carbocycles. The SMILES string of the molecule is COCCCC(=O)C1=CCCO1. The molecule has 3 nitrogen and oxygen atoms in total. The second-order valence-electron chi connectivity index (χ2n) is 2.73. The smallest absolute Gasteiger partial charge is 0.197 e. The Labute approximate surface area is 72.4 Å². The van der Waals surface area contributed by atoms with Crippen LogP contribution in [-0.4, -0.2) is 26.1 Å². The van der Waals surface area contributed by atoms with E-state index < -0.39 is 0 Å². The Bertz CT molecular complexity index is 184. The van der Waals surface area contributed by atoms with E-state index in [2.05, 4.69) is 0 Å². The molecule has 1 rings (SSSR count). The van der Waals surface area contributed by atoms with Crippen LogP contribution in [0.3, 0.4) is 0 Å². The van der Waals surface area contributed by atoms with Crippen LogP contribution in [0.1, 0.15) is 19.3 Å². The minimum Gasteiger partial charge on any atom is -0.490 e. The van der Waals surface area contributed by atoms with Gasteiger partial charge < -0.3 is 9.47 Å².